The van der Waals surface area contributed by atoms with E-state index in [0.29, 0.717) is 17.0 Å². The van der Waals surface area contributed by atoms with Crippen molar-refractivity contribution in [3.63, 3.8) is 0 Å². The molecule has 21 heavy (non-hydrogen) atoms. The highest BCUT2D eigenvalue weighted by Crippen LogP contribution is 2.24. The van der Waals surface area contributed by atoms with E-state index in [2.05, 4.69) is 14.9 Å². The number of sulfonamides is 1. The van der Waals surface area contributed by atoms with Gasteiger partial charge < -0.3 is 9.63 Å². The molecule has 0 bridgehead atoms. The fourth-order valence-electron chi connectivity index (χ4n) is 1.83. The van der Waals surface area contributed by atoms with Crippen LogP contribution in [0.25, 0.3) is 0 Å². The molecule has 1 heterocycles. The molecule has 0 fully saturated rings. The first-order chi connectivity index (χ1) is 9.94. The van der Waals surface area contributed by atoms with Crippen LogP contribution in [0, 0.1) is 6.92 Å². The Morgan fingerprint density at radius 2 is 2.19 bits per heavy atom. The summed E-state index contributed by atoms with van der Waals surface area (Å²) in [5.74, 6) is 0.344. The molecule has 0 atom stereocenters. The first-order valence-corrected chi connectivity index (χ1v) is 7.95. The van der Waals surface area contributed by atoms with E-state index in [1.54, 1.807) is 6.92 Å². The van der Waals surface area contributed by atoms with E-state index in [1.807, 2.05) is 0 Å². The Bertz CT molecular complexity index is 716. The first-order valence-electron chi connectivity index (χ1n) is 6.09. The predicted octanol–water partition coefficient (Wildman–Crippen LogP) is 1.04. The molecule has 2 rings (SSSR count). The van der Waals surface area contributed by atoms with E-state index in [0.717, 1.165) is 0 Å². The van der Waals surface area contributed by atoms with Crippen molar-refractivity contribution in [2.24, 2.45) is 0 Å². The average Bonchev–Trinajstić information content (AvgIpc) is 2.93. The SMILES string of the molecule is Cc1c(CO)cc(Cl)cc1S(=O)(=O)NCCc1ncno1. The van der Waals surface area contributed by atoms with E-state index in [9.17, 15) is 13.5 Å². The van der Waals surface area contributed by atoms with Crippen LogP contribution < -0.4 is 4.72 Å². The van der Waals surface area contributed by atoms with Crippen molar-refractivity contribution in [1.82, 2.24) is 14.9 Å². The molecule has 0 amide bonds. The van der Waals surface area contributed by atoms with E-state index in [4.69, 9.17) is 16.1 Å². The van der Waals surface area contributed by atoms with Crippen LogP contribution in [0.2, 0.25) is 5.02 Å². The van der Waals surface area contributed by atoms with Crippen LogP contribution in [0.4, 0.5) is 0 Å². The third-order valence-electron chi connectivity index (χ3n) is 2.93. The van der Waals surface area contributed by atoms with Gasteiger partial charge in [0.15, 0.2) is 6.33 Å². The van der Waals surface area contributed by atoms with Crippen LogP contribution in [0.5, 0.6) is 0 Å². The van der Waals surface area contributed by atoms with Gasteiger partial charge in [-0.15, -0.1) is 0 Å². The van der Waals surface area contributed by atoms with Crippen LogP contribution in [0.1, 0.15) is 17.0 Å². The highest BCUT2D eigenvalue weighted by molar-refractivity contribution is 7.89. The summed E-state index contributed by atoms with van der Waals surface area (Å²) >= 11 is 5.89. The van der Waals surface area contributed by atoms with Crippen molar-refractivity contribution in [2.75, 3.05) is 6.54 Å². The maximum atomic E-state index is 12.3. The Morgan fingerprint density at radius 1 is 1.43 bits per heavy atom. The number of nitrogens with zero attached hydrogens (tertiary/aromatic N) is 2. The predicted molar refractivity (Wildman–Crippen MR) is 75.3 cm³/mol. The summed E-state index contributed by atoms with van der Waals surface area (Å²) in [6.45, 7) is 1.45. The lowest BCUT2D eigenvalue weighted by Crippen LogP contribution is -2.27. The van der Waals surface area contributed by atoms with Gasteiger partial charge in [0.2, 0.25) is 15.9 Å². The van der Waals surface area contributed by atoms with Gasteiger partial charge in [-0.3, -0.25) is 0 Å². The van der Waals surface area contributed by atoms with Gasteiger partial charge in [-0.05, 0) is 30.2 Å². The van der Waals surface area contributed by atoms with Gasteiger partial charge >= 0.3 is 0 Å². The topological polar surface area (TPSA) is 105 Å². The molecule has 0 aliphatic heterocycles. The van der Waals surface area contributed by atoms with Gasteiger partial charge in [-0.25, -0.2) is 13.1 Å². The van der Waals surface area contributed by atoms with Crippen molar-refractivity contribution in [3.8, 4) is 0 Å². The van der Waals surface area contributed by atoms with E-state index < -0.39 is 10.0 Å². The second-order valence-electron chi connectivity index (χ2n) is 4.33. The minimum absolute atomic E-state index is 0.0459. The first kappa shape index (κ1) is 15.9. The van der Waals surface area contributed by atoms with E-state index in [1.165, 1.54) is 18.5 Å². The normalized spacial score (nSPS) is 11.8. The van der Waals surface area contributed by atoms with Crippen LogP contribution in [0.15, 0.2) is 27.9 Å². The van der Waals surface area contributed by atoms with Crippen LogP contribution in [0.3, 0.4) is 0 Å². The quantitative estimate of drug-likeness (QED) is 0.819. The molecular formula is C12H14ClN3O4S. The van der Waals surface area contributed by atoms with Crippen LogP contribution >= 0.6 is 11.6 Å². The molecule has 0 spiro atoms. The van der Waals surface area contributed by atoms with Crippen LogP contribution in [-0.2, 0) is 23.1 Å². The number of rotatable bonds is 6. The molecular weight excluding hydrogens is 318 g/mol. The Labute approximate surface area is 127 Å². The van der Waals surface area contributed by atoms with Gasteiger partial charge in [0.05, 0.1) is 11.5 Å². The van der Waals surface area contributed by atoms with E-state index in [-0.39, 0.29) is 29.5 Å². The Hall–Kier alpha value is -1.48. The molecule has 1 aromatic carbocycles. The van der Waals surface area contributed by atoms with Crippen molar-refractivity contribution in [2.45, 2.75) is 24.8 Å². The molecule has 0 radical (unpaired) electrons. The van der Waals surface area contributed by atoms with Crippen molar-refractivity contribution in [3.05, 3.63) is 40.5 Å². The molecule has 9 heteroatoms. The zero-order valence-electron chi connectivity index (χ0n) is 11.2. The molecule has 2 aromatic rings. The summed E-state index contributed by atoms with van der Waals surface area (Å²) in [6, 6.07) is 2.89. The van der Waals surface area contributed by atoms with Crippen molar-refractivity contribution < 1.29 is 18.0 Å². The lowest BCUT2D eigenvalue weighted by atomic mass is 10.1. The molecule has 1 aromatic heterocycles. The number of hydrogen-bond donors (Lipinski definition) is 2. The van der Waals surface area contributed by atoms with Gasteiger partial charge in [-0.2, -0.15) is 4.98 Å². The number of aliphatic hydroxyl groups excluding tert-OH is 1. The highest BCUT2D eigenvalue weighted by Gasteiger charge is 2.19. The largest absolute Gasteiger partial charge is 0.392 e. The maximum absolute atomic E-state index is 12.3. The Morgan fingerprint density at radius 3 is 2.81 bits per heavy atom. The zero-order chi connectivity index (χ0) is 15.5. The lowest BCUT2D eigenvalue weighted by molar-refractivity contribution is 0.280. The third-order valence-corrected chi connectivity index (χ3v) is 4.74. The molecule has 0 aliphatic rings. The standard InChI is InChI=1S/C12H14ClN3O4S/c1-8-9(6-17)4-10(13)5-11(8)21(18,19)16-3-2-12-14-7-15-20-12/h4-5,7,16-17H,2-3,6H2,1H3. The number of benzene rings is 1. The van der Waals surface area contributed by atoms with Gasteiger partial charge in [0.25, 0.3) is 0 Å². The molecule has 2 N–H and O–H groups in total. The third kappa shape index (κ3) is 3.79. The summed E-state index contributed by atoms with van der Waals surface area (Å²) in [7, 11) is -3.73. The lowest BCUT2D eigenvalue weighted by Gasteiger charge is -2.12. The molecule has 0 unspecified atom stereocenters. The number of aromatic nitrogens is 2. The van der Waals surface area contributed by atoms with E-state index >= 15 is 0 Å². The summed E-state index contributed by atoms with van der Waals surface area (Å²) in [5, 5.41) is 12.9. The smallest absolute Gasteiger partial charge is 0.240 e. The number of aliphatic hydroxyl groups is 1. The number of hydrogen-bond acceptors (Lipinski definition) is 6. The zero-order valence-corrected chi connectivity index (χ0v) is 12.8. The second kappa shape index (κ2) is 6.52. The monoisotopic (exact) mass is 331 g/mol. The van der Waals surface area contributed by atoms with Crippen molar-refractivity contribution in [1.29, 1.82) is 0 Å². The minimum Gasteiger partial charge on any atom is -0.392 e. The number of halogens is 1. The summed E-state index contributed by atoms with van der Waals surface area (Å²) in [4.78, 5) is 3.85. The fourth-order valence-corrected chi connectivity index (χ4v) is 3.48. The van der Waals surface area contributed by atoms with Gasteiger partial charge in [0, 0.05) is 18.0 Å². The molecule has 0 aliphatic carbocycles. The summed E-state index contributed by atoms with van der Waals surface area (Å²) in [6.07, 6.45) is 1.53. The molecule has 114 valence electrons. The minimum atomic E-state index is -3.73. The molecule has 0 saturated carbocycles. The Kier molecular flexibility index (Phi) is 4.94. The van der Waals surface area contributed by atoms with Gasteiger partial charge in [-0.1, -0.05) is 16.8 Å². The molecule has 0 saturated heterocycles. The average molecular weight is 332 g/mol. The maximum Gasteiger partial charge on any atom is 0.240 e. The fraction of sp³-hybridized carbons (Fsp3) is 0.333. The highest BCUT2D eigenvalue weighted by atomic mass is 35.5. The van der Waals surface area contributed by atoms with Gasteiger partial charge in [0.1, 0.15) is 0 Å². The molecule has 7 nitrogen and oxygen atoms in total. The summed E-state index contributed by atoms with van der Waals surface area (Å²) in [5.41, 5.74) is 0.937. The number of nitrogens with one attached hydrogen (secondary N) is 1. The van der Waals surface area contributed by atoms with Crippen molar-refractivity contribution >= 4 is 21.6 Å². The van der Waals surface area contributed by atoms with Crippen LogP contribution in [-0.4, -0.2) is 30.2 Å². The second-order valence-corrected chi connectivity index (χ2v) is 6.50. The summed E-state index contributed by atoms with van der Waals surface area (Å²) < 4.78 is 31.8. The Balaban J connectivity index is 2.17.